The molecule has 0 atom stereocenters. The highest BCUT2D eigenvalue weighted by Crippen LogP contribution is 2.38. The maximum Gasteiger partial charge on any atom is 0.416 e. The van der Waals surface area contributed by atoms with Crippen LogP contribution in [0.2, 0.25) is 0 Å². The Morgan fingerprint density at radius 2 is 1.48 bits per heavy atom. The van der Waals surface area contributed by atoms with Crippen LogP contribution in [0.4, 0.5) is 26.3 Å². The van der Waals surface area contributed by atoms with Crippen LogP contribution in [-0.2, 0) is 19.4 Å². The van der Waals surface area contributed by atoms with Crippen LogP contribution in [0.5, 0.6) is 5.75 Å². The van der Waals surface area contributed by atoms with E-state index in [-0.39, 0.29) is 12.4 Å². The number of ether oxygens (including phenoxy) is 1. The van der Waals surface area contributed by atoms with Crippen molar-refractivity contribution in [1.82, 2.24) is 9.55 Å². The Bertz CT molecular complexity index is 1000. The number of rotatable bonds is 4. The summed E-state index contributed by atoms with van der Waals surface area (Å²) in [6.45, 7) is 1.81. The number of alkyl halides is 6. The summed E-state index contributed by atoms with van der Waals surface area (Å²) in [4.78, 5) is 4.25. The molecule has 0 fully saturated rings. The van der Waals surface area contributed by atoms with E-state index in [0.717, 1.165) is 24.3 Å². The first-order chi connectivity index (χ1) is 13.5. The van der Waals surface area contributed by atoms with Crippen LogP contribution in [0.1, 0.15) is 18.1 Å². The monoisotopic (exact) mass is 414 g/mol. The molecule has 0 aliphatic rings. The van der Waals surface area contributed by atoms with E-state index in [9.17, 15) is 26.3 Å². The zero-order valence-corrected chi connectivity index (χ0v) is 15.4. The maximum atomic E-state index is 13.0. The van der Waals surface area contributed by atoms with Crippen molar-refractivity contribution in [3.63, 3.8) is 0 Å². The summed E-state index contributed by atoms with van der Waals surface area (Å²) in [5.41, 5.74) is -0.271. The first-order valence-corrected chi connectivity index (χ1v) is 8.56. The van der Waals surface area contributed by atoms with Gasteiger partial charge in [-0.05, 0) is 42.8 Å². The molecular weight excluding hydrogens is 398 g/mol. The third-order valence-electron chi connectivity index (χ3n) is 4.35. The first kappa shape index (κ1) is 20.8. The Morgan fingerprint density at radius 1 is 0.897 bits per heavy atom. The van der Waals surface area contributed by atoms with Crippen molar-refractivity contribution < 1.29 is 31.1 Å². The molecule has 0 radical (unpaired) electrons. The Balaban J connectivity index is 2.03. The summed E-state index contributed by atoms with van der Waals surface area (Å²) in [5, 5.41) is 0. The van der Waals surface area contributed by atoms with Gasteiger partial charge in [0.15, 0.2) is 0 Å². The summed E-state index contributed by atoms with van der Waals surface area (Å²) in [5.74, 6) is 0.354. The fourth-order valence-electron chi connectivity index (χ4n) is 2.92. The second-order valence-electron chi connectivity index (χ2n) is 6.24. The Labute approximate surface area is 162 Å². The van der Waals surface area contributed by atoms with Gasteiger partial charge in [0.1, 0.15) is 11.6 Å². The molecule has 1 heterocycles. The van der Waals surface area contributed by atoms with Gasteiger partial charge in [-0.15, -0.1) is 0 Å². The molecule has 3 nitrogen and oxygen atoms in total. The van der Waals surface area contributed by atoms with E-state index in [2.05, 4.69) is 4.98 Å². The standard InChI is InChI=1S/C20H16F6N2O/c1-3-29-17-10-14(20(24,25)26)8-9-15(17)18-27-11-16(28(18)2)12-4-6-13(7-5-12)19(21,22)23/h4-11H,3H2,1-2H3. The lowest BCUT2D eigenvalue weighted by Gasteiger charge is -2.14. The molecule has 154 valence electrons. The minimum atomic E-state index is -4.52. The smallest absolute Gasteiger partial charge is 0.416 e. The van der Waals surface area contributed by atoms with Crippen LogP contribution in [-0.4, -0.2) is 16.2 Å². The van der Waals surface area contributed by atoms with Crippen molar-refractivity contribution in [2.24, 2.45) is 7.05 Å². The number of nitrogens with zero attached hydrogens (tertiary/aromatic N) is 2. The lowest BCUT2D eigenvalue weighted by molar-refractivity contribution is -0.138. The molecule has 0 N–H and O–H groups in total. The Hall–Kier alpha value is -2.97. The van der Waals surface area contributed by atoms with Crippen LogP contribution in [0.3, 0.4) is 0 Å². The van der Waals surface area contributed by atoms with Crippen LogP contribution in [0.25, 0.3) is 22.6 Å². The van der Waals surface area contributed by atoms with E-state index >= 15 is 0 Å². The average Bonchev–Trinajstić information content (AvgIpc) is 3.02. The fraction of sp³-hybridized carbons (Fsp3) is 0.250. The van der Waals surface area contributed by atoms with Crippen LogP contribution in [0, 0.1) is 0 Å². The van der Waals surface area contributed by atoms with Crippen LogP contribution in [0.15, 0.2) is 48.7 Å². The Morgan fingerprint density at radius 3 is 2.03 bits per heavy atom. The lowest BCUT2D eigenvalue weighted by atomic mass is 10.1. The summed E-state index contributed by atoms with van der Waals surface area (Å²) >= 11 is 0. The van der Waals surface area contributed by atoms with Crippen molar-refractivity contribution in [3.05, 3.63) is 59.8 Å². The molecule has 0 saturated heterocycles. The summed E-state index contributed by atoms with van der Waals surface area (Å²) < 4.78 is 84.2. The highest BCUT2D eigenvalue weighted by molar-refractivity contribution is 5.70. The third-order valence-corrected chi connectivity index (χ3v) is 4.35. The fourth-order valence-corrected chi connectivity index (χ4v) is 2.92. The molecule has 0 aliphatic heterocycles. The van der Waals surface area contributed by atoms with Crippen molar-refractivity contribution in [2.45, 2.75) is 19.3 Å². The zero-order chi connectivity index (χ0) is 21.4. The van der Waals surface area contributed by atoms with Crippen molar-refractivity contribution in [1.29, 1.82) is 0 Å². The normalized spacial score (nSPS) is 12.3. The first-order valence-electron chi connectivity index (χ1n) is 8.56. The quantitative estimate of drug-likeness (QED) is 0.476. The van der Waals surface area contributed by atoms with E-state index in [0.29, 0.717) is 22.6 Å². The third kappa shape index (κ3) is 4.23. The highest BCUT2D eigenvalue weighted by Gasteiger charge is 2.32. The van der Waals surface area contributed by atoms with Gasteiger partial charge in [-0.25, -0.2) is 4.98 Å². The molecule has 29 heavy (non-hydrogen) atoms. The van der Waals surface area contributed by atoms with Gasteiger partial charge >= 0.3 is 12.4 Å². The van der Waals surface area contributed by atoms with Gasteiger partial charge in [0, 0.05) is 7.05 Å². The van der Waals surface area contributed by atoms with Crippen molar-refractivity contribution in [3.8, 4) is 28.4 Å². The van der Waals surface area contributed by atoms with E-state index in [4.69, 9.17) is 4.74 Å². The molecule has 0 spiro atoms. The van der Waals surface area contributed by atoms with Crippen LogP contribution >= 0.6 is 0 Å². The summed E-state index contributed by atoms with van der Waals surface area (Å²) in [6, 6.07) is 7.68. The molecule has 3 rings (SSSR count). The predicted molar refractivity (Wildman–Crippen MR) is 95.3 cm³/mol. The maximum absolute atomic E-state index is 13.0. The van der Waals surface area contributed by atoms with E-state index in [1.54, 1.807) is 18.5 Å². The minimum absolute atomic E-state index is 0.0231. The number of hydrogen-bond acceptors (Lipinski definition) is 2. The van der Waals surface area contributed by atoms with Gasteiger partial charge in [-0.2, -0.15) is 26.3 Å². The molecule has 2 aromatic carbocycles. The minimum Gasteiger partial charge on any atom is -0.493 e. The molecule has 0 unspecified atom stereocenters. The number of benzene rings is 2. The molecular formula is C20H16F6N2O. The second kappa shape index (κ2) is 7.46. The molecule has 0 amide bonds. The number of hydrogen-bond donors (Lipinski definition) is 0. The number of halogens is 6. The van der Waals surface area contributed by atoms with E-state index in [1.807, 2.05) is 0 Å². The van der Waals surface area contributed by atoms with Gasteiger partial charge in [0.25, 0.3) is 0 Å². The van der Waals surface area contributed by atoms with Gasteiger partial charge in [-0.3, -0.25) is 0 Å². The highest BCUT2D eigenvalue weighted by atomic mass is 19.4. The topological polar surface area (TPSA) is 27.1 Å². The summed E-state index contributed by atoms with van der Waals surface area (Å²) in [7, 11) is 1.63. The SMILES string of the molecule is CCOc1cc(C(F)(F)F)ccc1-c1ncc(-c2ccc(C(F)(F)F)cc2)n1C. The van der Waals surface area contributed by atoms with E-state index in [1.165, 1.54) is 24.4 Å². The zero-order valence-electron chi connectivity index (χ0n) is 15.4. The van der Waals surface area contributed by atoms with Gasteiger partial charge in [0.05, 0.1) is 35.2 Å². The largest absolute Gasteiger partial charge is 0.493 e. The Kier molecular flexibility index (Phi) is 5.34. The molecule has 1 aromatic heterocycles. The van der Waals surface area contributed by atoms with Gasteiger partial charge < -0.3 is 9.30 Å². The number of aromatic nitrogens is 2. The lowest BCUT2D eigenvalue weighted by Crippen LogP contribution is -2.07. The second-order valence-corrected chi connectivity index (χ2v) is 6.24. The number of imidazole rings is 1. The molecule has 0 bridgehead atoms. The van der Waals surface area contributed by atoms with Crippen LogP contribution < -0.4 is 4.74 Å². The molecule has 0 aliphatic carbocycles. The summed E-state index contributed by atoms with van der Waals surface area (Å²) in [6.07, 6.45) is -7.51. The van der Waals surface area contributed by atoms with Crippen molar-refractivity contribution >= 4 is 0 Å². The van der Waals surface area contributed by atoms with Gasteiger partial charge in [-0.1, -0.05) is 12.1 Å². The van der Waals surface area contributed by atoms with Crippen molar-refractivity contribution in [2.75, 3.05) is 6.61 Å². The average molecular weight is 414 g/mol. The molecule has 9 heteroatoms. The predicted octanol–water partition coefficient (Wildman–Crippen LogP) is 6.19. The van der Waals surface area contributed by atoms with E-state index < -0.39 is 23.5 Å². The molecule has 0 saturated carbocycles. The van der Waals surface area contributed by atoms with Gasteiger partial charge in [0.2, 0.25) is 0 Å². The molecule has 3 aromatic rings.